The zero-order valence-electron chi connectivity index (χ0n) is 16.4. The van der Waals surface area contributed by atoms with Crippen LogP contribution in [0.4, 0.5) is 4.79 Å². The summed E-state index contributed by atoms with van der Waals surface area (Å²) >= 11 is 0. The number of aryl methyl sites for hydroxylation is 1. The van der Waals surface area contributed by atoms with Gasteiger partial charge in [-0.25, -0.2) is 14.8 Å². The van der Waals surface area contributed by atoms with Crippen LogP contribution in [-0.2, 0) is 24.8 Å². The Kier molecular flexibility index (Phi) is 4.73. The van der Waals surface area contributed by atoms with Crippen molar-refractivity contribution in [2.24, 2.45) is 7.05 Å². The molecule has 26 heavy (non-hydrogen) atoms. The molecule has 0 bridgehead atoms. The van der Waals surface area contributed by atoms with E-state index in [9.17, 15) is 4.79 Å². The smallest absolute Gasteiger partial charge is 0.410 e. The van der Waals surface area contributed by atoms with Gasteiger partial charge in [-0.2, -0.15) is 5.10 Å². The summed E-state index contributed by atoms with van der Waals surface area (Å²) in [5.41, 5.74) is 4.47. The maximum Gasteiger partial charge on any atom is 0.410 e. The van der Waals surface area contributed by atoms with Crippen molar-refractivity contribution in [1.29, 1.82) is 0 Å². The second kappa shape index (κ2) is 6.70. The molecule has 0 aliphatic carbocycles. The second-order valence-corrected chi connectivity index (χ2v) is 8.03. The Morgan fingerprint density at radius 1 is 1.31 bits per heavy atom. The Hall–Kier alpha value is -2.44. The molecule has 0 atom stereocenters. The maximum atomic E-state index is 12.5. The predicted octanol–water partition coefficient (Wildman–Crippen LogP) is 3.29. The second-order valence-electron chi connectivity index (χ2n) is 8.03. The average Bonchev–Trinajstić information content (AvgIpc) is 2.89. The molecule has 0 saturated carbocycles. The Bertz CT molecular complexity index is 820. The molecular formula is C19H27N5O2. The molecule has 0 unspecified atom stereocenters. The molecule has 1 amide bonds. The van der Waals surface area contributed by atoms with Gasteiger partial charge in [0.25, 0.3) is 0 Å². The van der Waals surface area contributed by atoms with E-state index in [-0.39, 0.29) is 12.0 Å². The minimum atomic E-state index is -0.507. The van der Waals surface area contributed by atoms with Crippen LogP contribution in [0.15, 0.2) is 12.5 Å². The minimum Gasteiger partial charge on any atom is -0.444 e. The first-order valence-corrected chi connectivity index (χ1v) is 9.00. The van der Waals surface area contributed by atoms with Crippen LogP contribution < -0.4 is 0 Å². The van der Waals surface area contributed by atoms with Crippen LogP contribution in [-0.4, -0.2) is 42.9 Å². The van der Waals surface area contributed by atoms with E-state index in [1.54, 1.807) is 11.2 Å². The number of nitrogens with zero attached hydrogens (tertiary/aromatic N) is 5. The van der Waals surface area contributed by atoms with E-state index in [0.717, 1.165) is 34.6 Å². The van der Waals surface area contributed by atoms with Gasteiger partial charge in [0, 0.05) is 43.0 Å². The van der Waals surface area contributed by atoms with Crippen LogP contribution in [0.1, 0.15) is 57.5 Å². The number of hydrogen-bond acceptors (Lipinski definition) is 5. The van der Waals surface area contributed by atoms with Crippen LogP contribution >= 0.6 is 0 Å². The molecule has 3 rings (SSSR count). The highest BCUT2D eigenvalue weighted by atomic mass is 16.6. The zero-order valence-corrected chi connectivity index (χ0v) is 16.4. The third-order valence-corrected chi connectivity index (χ3v) is 4.44. The third-order valence-electron chi connectivity index (χ3n) is 4.44. The van der Waals surface area contributed by atoms with Gasteiger partial charge < -0.3 is 9.64 Å². The molecule has 2 aromatic rings. The predicted molar refractivity (Wildman–Crippen MR) is 98.7 cm³/mol. The fourth-order valence-electron chi connectivity index (χ4n) is 3.27. The molecule has 7 nitrogen and oxygen atoms in total. The van der Waals surface area contributed by atoms with Crippen molar-refractivity contribution in [3.05, 3.63) is 29.5 Å². The molecule has 1 aliphatic rings. The van der Waals surface area contributed by atoms with E-state index in [2.05, 4.69) is 23.8 Å². The monoisotopic (exact) mass is 357 g/mol. The number of carbonyl (C=O) groups is 1. The first-order chi connectivity index (χ1) is 12.2. The Labute approximate surface area is 154 Å². The number of rotatable bonds is 2. The summed E-state index contributed by atoms with van der Waals surface area (Å²) in [4.78, 5) is 22.9. The molecule has 0 radical (unpaired) electrons. The van der Waals surface area contributed by atoms with Crippen LogP contribution in [0.25, 0.3) is 11.3 Å². The Balaban J connectivity index is 1.98. The molecule has 7 heteroatoms. The highest BCUT2D eigenvalue weighted by Gasteiger charge is 2.30. The summed E-state index contributed by atoms with van der Waals surface area (Å²) in [5.74, 6) is 0.260. The molecule has 1 aliphatic heterocycles. The lowest BCUT2D eigenvalue weighted by molar-refractivity contribution is 0.0223. The van der Waals surface area contributed by atoms with Gasteiger partial charge in [0.05, 0.1) is 12.2 Å². The summed E-state index contributed by atoms with van der Waals surface area (Å²) in [7, 11) is 1.95. The number of fused-ring (bicyclic) bond motifs is 1. The van der Waals surface area contributed by atoms with Crippen LogP contribution in [0, 0.1) is 0 Å². The third kappa shape index (κ3) is 3.57. The molecule has 0 fully saturated rings. The molecule has 0 aromatic carbocycles. The Morgan fingerprint density at radius 3 is 2.69 bits per heavy atom. The van der Waals surface area contributed by atoms with E-state index < -0.39 is 5.60 Å². The van der Waals surface area contributed by atoms with Gasteiger partial charge in [0.1, 0.15) is 17.6 Å². The average molecular weight is 357 g/mol. The fraction of sp³-hybridized carbons (Fsp3) is 0.579. The van der Waals surface area contributed by atoms with Gasteiger partial charge in [-0.3, -0.25) is 4.68 Å². The number of carbonyl (C=O) groups excluding carboxylic acids is 1. The fourth-order valence-corrected chi connectivity index (χ4v) is 3.27. The highest BCUT2D eigenvalue weighted by Crippen LogP contribution is 2.33. The number of aromatic nitrogens is 4. The molecule has 0 saturated heterocycles. The highest BCUT2D eigenvalue weighted by molar-refractivity contribution is 5.71. The molecule has 0 spiro atoms. The van der Waals surface area contributed by atoms with Crippen LogP contribution in [0.2, 0.25) is 0 Å². The van der Waals surface area contributed by atoms with Crippen molar-refractivity contribution in [3.63, 3.8) is 0 Å². The lowest BCUT2D eigenvalue weighted by atomic mass is 9.97. The van der Waals surface area contributed by atoms with E-state index in [1.807, 2.05) is 38.7 Å². The largest absolute Gasteiger partial charge is 0.444 e. The van der Waals surface area contributed by atoms with Gasteiger partial charge in [0.2, 0.25) is 0 Å². The van der Waals surface area contributed by atoms with Gasteiger partial charge >= 0.3 is 6.09 Å². The van der Waals surface area contributed by atoms with Crippen molar-refractivity contribution in [2.75, 3.05) is 6.54 Å². The van der Waals surface area contributed by atoms with Crippen molar-refractivity contribution in [3.8, 4) is 11.3 Å². The molecule has 2 aromatic heterocycles. The van der Waals surface area contributed by atoms with E-state index in [4.69, 9.17) is 9.84 Å². The first-order valence-electron chi connectivity index (χ1n) is 9.00. The standard InChI is InChI=1S/C19H27N5O2/c1-12(2)16-13(9-20-11-21-16)17-14-10-24(18(25)26-19(3,4)5)8-7-15(14)23(6)22-17/h9,11-12H,7-8,10H2,1-6H3. The van der Waals surface area contributed by atoms with E-state index in [0.29, 0.717) is 13.1 Å². The first kappa shape index (κ1) is 18.4. The molecule has 0 N–H and O–H groups in total. The number of ether oxygens (including phenoxy) is 1. The molecule has 3 heterocycles. The summed E-state index contributed by atoms with van der Waals surface area (Å²) in [5, 5.41) is 4.73. The lowest BCUT2D eigenvalue weighted by Gasteiger charge is -2.30. The van der Waals surface area contributed by atoms with Crippen molar-refractivity contribution >= 4 is 6.09 Å². The SMILES string of the molecule is CC(C)c1ncncc1-c1nn(C)c2c1CN(C(=O)OC(C)(C)C)CC2. The summed E-state index contributed by atoms with van der Waals surface area (Å²) < 4.78 is 7.45. The van der Waals surface area contributed by atoms with Crippen molar-refractivity contribution in [2.45, 2.75) is 59.1 Å². The molecular weight excluding hydrogens is 330 g/mol. The van der Waals surface area contributed by atoms with E-state index in [1.165, 1.54) is 0 Å². The quantitative estimate of drug-likeness (QED) is 0.824. The minimum absolute atomic E-state index is 0.260. The zero-order chi connectivity index (χ0) is 19.1. The van der Waals surface area contributed by atoms with Gasteiger partial charge in [0.15, 0.2) is 0 Å². The maximum absolute atomic E-state index is 12.5. The van der Waals surface area contributed by atoms with Crippen molar-refractivity contribution in [1.82, 2.24) is 24.6 Å². The van der Waals surface area contributed by atoms with Gasteiger partial charge in [-0.05, 0) is 26.7 Å². The van der Waals surface area contributed by atoms with Gasteiger partial charge in [-0.15, -0.1) is 0 Å². The van der Waals surface area contributed by atoms with Gasteiger partial charge in [-0.1, -0.05) is 13.8 Å². The van der Waals surface area contributed by atoms with Crippen LogP contribution in [0.3, 0.4) is 0 Å². The van der Waals surface area contributed by atoms with Crippen molar-refractivity contribution < 1.29 is 9.53 Å². The lowest BCUT2D eigenvalue weighted by Crippen LogP contribution is -2.40. The number of hydrogen-bond donors (Lipinski definition) is 0. The summed E-state index contributed by atoms with van der Waals surface area (Å²) in [6, 6.07) is 0. The Morgan fingerprint density at radius 2 is 2.04 bits per heavy atom. The normalized spacial score (nSPS) is 14.5. The topological polar surface area (TPSA) is 73.1 Å². The summed E-state index contributed by atoms with van der Waals surface area (Å²) in [6.07, 6.45) is 3.85. The van der Waals surface area contributed by atoms with E-state index >= 15 is 0 Å². The number of amides is 1. The summed E-state index contributed by atoms with van der Waals surface area (Å²) in [6.45, 7) is 11.0. The molecule has 140 valence electrons. The van der Waals surface area contributed by atoms with Crippen LogP contribution in [0.5, 0.6) is 0 Å².